The van der Waals surface area contributed by atoms with E-state index in [1.165, 1.54) is 49.0 Å². The van der Waals surface area contributed by atoms with Gasteiger partial charge in [-0.25, -0.2) is 8.42 Å². The highest BCUT2D eigenvalue weighted by Crippen LogP contribution is 2.60. The SMILES string of the molecule is CCC(C)NC(=O)C(CC)N(Cc1ccccc1Cl)C(=O)CN(c1ccc(C23CC4CC(CC(C4)C2)C3)cc1)S(C)(=O)=O. The van der Waals surface area contributed by atoms with Crippen molar-refractivity contribution in [1.82, 2.24) is 10.2 Å². The van der Waals surface area contributed by atoms with Crippen molar-refractivity contribution < 1.29 is 18.0 Å². The van der Waals surface area contributed by atoms with E-state index in [0.29, 0.717) is 22.7 Å². The topological polar surface area (TPSA) is 86.8 Å². The number of hydrogen-bond acceptors (Lipinski definition) is 4. The molecule has 4 aliphatic carbocycles. The molecule has 0 spiro atoms. The molecule has 6 rings (SSSR count). The van der Waals surface area contributed by atoms with Crippen LogP contribution in [0.4, 0.5) is 5.69 Å². The normalized spacial score (nSPS) is 25.7. The maximum Gasteiger partial charge on any atom is 0.244 e. The van der Waals surface area contributed by atoms with Gasteiger partial charge < -0.3 is 10.2 Å². The standard InChI is InChI=1S/C34H46ClN3O4S/c1-5-23(3)36-33(40)31(6-2)37(21-27-9-7-8-10-30(27)35)32(39)22-38(43(4,41)42)29-13-11-28(12-14-29)34-18-24-15-25(19-34)17-26(16-24)20-34/h7-14,23-26,31H,5-6,15-22H2,1-4H3,(H,36,40). The Morgan fingerprint density at radius 1 is 0.953 bits per heavy atom. The van der Waals surface area contributed by atoms with E-state index < -0.39 is 28.5 Å². The lowest BCUT2D eigenvalue weighted by Gasteiger charge is -2.57. The second-order valence-electron chi connectivity index (χ2n) is 13.4. The fourth-order valence-electron chi connectivity index (χ4n) is 8.23. The summed E-state index contributed by atoms with van der Waals surface area (Å²) in [4.78, 5) is 28.9. The van der Waals surface area contributed by atoms with Crippen LogP contribution in [-0.2, 0) is 31.6 Å². The molecule has 4 saturated carbocycles. The van der Waals surface area contributed by atoms with E-state index in [-0.39, 0.29) is 23.9 Å². The van der Waals surface area contributed by atoms with Crippen molar-refractivity contribution in [1.29, 1.82) is 0 Å². The maximum absolute atomic E-state index is 14.0. The van der Waals surface area contributed by atoms with Crippen molar-refractivity contribution >= 4 is 39.1 Å². The van der Waals surface area contributed by atoms with Gasteiger partial charge in [-0.05, 0) is 111 Å². The summed E-state index contributed by atoms with van der Waals surface area (Å²) < 4.78 is 27.4. The first-order valence-corrected chi connectivity index (χ1v) is 18.1. The van der Waals surface area contributed by atoms with Gasteiger partial charge >= 0.3 is 0 Å². The Labute approximate surface area is 262 Å². The van der Waals surface area contributed by atoms with Gasteiger partial charge in [0.15, 0.2) is 0 Å². The van der Waals surface area contributed by atoms with E-state index >= 15 is 0 Å². The Kier molecular flexibility index (Phi) is 9.48. The number of sulfonamides is 1. The summed E-state index contributed by atoms with van der Waals surface area (Å²) in [6, 6.07) is 14.2. The van der Waals surface area contributed by atoms with E-state index in [2.05, 4.69) is 17.4 Å². The first kappa shape index (κ1) is 31.8. The molecular formula is C34H46ClN3O4S. The van der Waals surface area contributed by atoms with Crippen molar-refractivity contribution in [3.63, 3.8) is 0 Å². The Hall–Kier alpha value is -2.58. The smallest absolute Gasteiger partial charge is 0.244 e. The number of carbonyl (C=O) groups is 2. The Morgan fingerprint density at radius 2 is 1.53 bits per heavy atom. The first-order chi connectivity index (χ1) is 20.4. The molecule has 0 radical (unpaired) electrons. The van der Waals surface area contributed by atoms with Crippen LogP contribution < -0.4 is 9.62 Å². The van der Waals surface area contributed by atoms with Crippen LogP contribution in [-0.4, -0.2) is 50.0 Å². The van der Waals surface area contributed by atoms with Crippen molar-refractivity contribution in [2.75, 3.05) is 17.1 Å². The monoisotopic (exact) mass is 627 g/mol. The fraction of sp³-hybridized carbons (Fsp3) is 0.588. The van der Waals surface area contributed by atoms with Crippen LogP contribution in [0.3, 0.4) is 0 Å². The van der Waals surface area contributed by atoms with Gasteiger partial charge in [0.25, 0.3) is 0 Å². The number of amides is 2. The van der Waals surface area contributed by atoms with Crippen LogP contribution in [0.2, 0.25) is 5.02 Å². The molecule has 1 N–H and O–H groups in total. The molecule has 2 unspecified atom stereocenters. The lowest BCUT2D eigenvalue weighted by Crippen LogP contribution is -2.53. The average Bonchev–Trinajstić information content (AvgIpc) is 2.95. The van der Waals surface area contributed by atoms with E-state index in [1.54, 1.807) is 6.07 Å². The van der Waals surface area contributed by atoms with Crippen LogP contribution in [0.25, 0.3) is 0 Å². The molecule has 0 aliphatic heterocycles. The summed E-state index contributed by atoms with van der Waals surface area (Å²) in [6.45, 7) is 5.44. The third-order valence-corrected chi connectivity index (χ3v) is 11.7. The average molecular weight is 628 g/mol. The molecular weight excluding hydrogens is 582 g/mol. The van der Waals surface area contributed by atoms with Gasteiger partial charge in [-0.15, -0.1) is 0 Å². The lowest BCUT2D eigenvalue weighted by atomic mass is 9.48. The summed E-state index contributed by atoms with van der Waals surface area (Å²) in [5, 5.41) is 3.48. The quantitative estimate of drug-likeness (QED) is 0.299. The third-order valence-electron chi connectivity index (χ3n) is 10.2. The van der Waals surface area contributed by atoms with Crippen LogP contribution >= 0.6 is 11.6 Å². The van der Waals surface area contributed by atoms with Gasteiger partial charge in [0, 0.05) is 17.6 Å². The molecule has 4 aliphatic rings. The number of rotatable bonds is 12. The number of nitrogens with one attached hydrogen (secondary N) is 1. The molecule has 2 atom stereocenters. The molecule has 7 nitrogen and oxygen atoms in total. The summed E-state index contributed by atoms with van der Waals surface area (Å²) in [7, 11) is -3.80. The van der Waals surface area contributed by atoms with Crippen molar-refractivity contribution in [2.24, 2.45) is 17.8 Å². The van der Waals surface area contributed by atoms with Gasteiger partial charge in [-0.1, -0.05) is 55.8 Å². The number of halogens is 1. The molecule has 0 heterocycles. The van der Waals surface area contributed by atoms with Gasteiger partial charge in [0.05, 0.1) is 11.9 Å². The Balaban J connectivity index is 1.41. The molecule has 0 saturated heterocycles. The minimum absolute atomic E-state index is 0.0566. The number of hydrogen-bond donors (Lipinski definition) is 1. The third kappa shape index (κ3) is 6.90. The number of anilines is 1. The minimum atomic E-state index is -3.80. The van der Waals surface area contributed by atoms with Crippen molar-refractivity contribution in [3.05, 3.63) is 64.7 Å². The molecule has 234 valence electrons. The summed E-state index contributed by atoms with van der Waals surface area (Å²) >= 11 is 6.46. The van der Waals surface area contributed by atoms with Gasteiger partial charge in [0.2, 0.25) is 21.8 Å². The van der Waals surface area contributed by atoms with E-state index in [4.69, 9.17) is 11.6 Å². The summed E-state index contributed by atoms with van der Waals surface area (Å²) in [5.74, 6) is 1.71. The van der Waals surface area contributed by atoms with E-state index in [0.717, 1.165) is 34.7 Å². The summed E-state index contributed by atoms with van der Waals surface area (Å²) in [5.41, 5.74) is 2.64. The number of carbonyl (C=O) groups excluding carboxylic acids is 2. The Morgan fingerprint density at radius 3 is 2.05 bits per heavy atom. The van der Waals surface area contributed by atoms with Crippen LogP contribution in [0.5, 0.6) is 0 Å². The lowest BCUT2D eigenvalue weighted by molar-refractivity contribution is -0.140. The second-order valence-corrected chi connectivity index (χ2v) is 15.7. The maximum atomic E-state index is 14.0. The van der Waals surface area contributed by atoms with Crippen molar-refractivity contribution in [2.45, 2.75) is 96.2 Å². The van der Waals surface area contributed by atoms with Crippen LogP contribution in [0.1, 0.15) is 83.3 Å². The number of benzene rings is 2. The molecule has 43 heavy (non-hydrogen) atoms. The highest BCUT2D eigenvalue weighted by Gasteiger charge is 2.51. The molecule has 9 heteroatoms. The fourth-order valence-corrected chi connectivity index (χ4v) is 9.28. The highest BCUT2D eigenvalue weighted by atomic mass is 35.5. The minimum Gasteiger partial charge on any atom is -0.352 e. The van der Waals surface area contributed by atoms with Gasteiger partial charge in [-0.2, -0.15) is 0 Å². The predicted molar refractivity (Wildman–Crippen MR) is 172 cm³/mol. The zero-order valence-electron chi connectivity index (χ0n) is 25.9. The van der Waals surface area contributed by atoms with Crippen LogP contribution in [0.15, 0.2) is 48.5 Å². The molecule has 2 amide bonds. The van der Waals surface area contributed by atoms with E-state index in [9.17, 15) is 18.0 Å². The first-order valence-electron chi connectivity index (χ1n) is 15.8. The van der Waals surface area contributed by atoms with Crippen LogP contribution in [0, 0.1) is 17.8 Å². The molecule has 4 bridgehead atoms. The molecule has 4 fully saturated rings. The highest BCUT2D eigenvalue weighted by molar-refractivity contribution is 7.92. The number of nitrogens with zero attached hydrogens (tertiary/aromatic N) is 2. The molecule has 2 aromatic rings. The second kappa shape index (κ2) is 12.8. The van der Waals surface area contributed by atoms with Gasteiger partial charge in [-0.3, -0.25) is 13.9 Å². The van der Waals surface area contributed by atoms with Crippen molar-refractivity contribution in [3.8, 4) is 0 Å². The zero-order valence-corrected chi connectivity index (χ0v) is 27.5. The Bertz CT molecular complexity index is 1390. The largest absolute Gasteiger partial charge is 0.352 e. The summed E-state index contributed by atoms with van der Waals surface area (Å²) in [6.07, 6.45) is 10.0. The molecule has 2 aromatic carbocycles. The zero-order chi connectivity index (χ0) is 30.9. The molecule has 0 aromatic heterocycles. The van der Waals surface area contributed by atoms with Gasteiger partial charge in [0.1, 0.15) is 12.6 Å². The predicted octanol–water partition coefficient (Wildman–Crippen LogP) is 6.30. The van der Waals surface area contributed by atoms with E-state index in [1.807, 2.05) is 51.1 Å².